The molecule has 0 saturated heterocycles. The van der Waals surface area contributed by atoms with E-state index in [1.165, 1.54) is 0 Å². The van der Waals surface area contributed by atoms with E-state index in [0.717, 1.165) is 31.4 Å². The molecule has 5 heteroatoms. The summed E-state index contributed by atoms with van der Waals surface area (Å²) >= 11 is 3.27. The Kier molecular flexibility index (Phi) is 5.82. The van der Waals surface area contributed by atoms with E-state index in [1.807, 2.05) is 18.2 Å². The van der Waals surface area contributed by atoms with Crippen LogP contribution in [0.15, 0.2) is 37.9 Å². The summed E-state index contributed by atoms with van der Waals surface area (Å²) in [6.07, 6.45) is 0.919. The molecule has 0 aliphatic rings. The Morgan fingerprint density at radius 2 is 1.95 bits per heavy atom. The average Bonchev–Trinajstić information content (AvgIpc) is 2.51. The first kappa shape index (κ1) is 16.0. The maximum Gasteiger partial charge on any atom is 0.354 e. The van der Waals surface area contributed by atoms with Crippen LogP contribution in [0, 0.1) is 0 Å². The quantitative estimate of drug-likeness (QED) is 0.562. The third-order valence-electron chi connectivity index (χ3n) is 3.47. The average molecular weight is 354 g/mol. The maximum absolute atomic E-state index is 11.8. The van der Waals surface area contributed by atoms with E-state index in [9.17, 15) is 4.79 Å². The van der Waals surface area contributed by atoms with Crippen molar-refractivity contribution in [1.82, 2.24) is 4.90 Å². The van der Waals surface area contributed by atoms with Crippen molar-refractivity contribution >= 4 is 26.9 Å². The molecular formula is C16H20BrNO3. The second-order valence-electron chi connectivity index (χ2n) is 4.76. The fourth-order valence-electron chi connectivity index (χ4n) is 2.24. The van der Waals surface area contributed by atoms with Gasteiger partial charge in [0.25, 0.3) is 0 Å². The Morgan fingerprint density at radius 3 is 2.67 bits per heavy atom. The summed E-state index contributed by atoms with van der Waals surface area (Å²) in [4.78, 5) is 14.1. The van der Waals surface area contributed by atoms with Crippen molar-refractivity contribution in [1.29, 1.82) is 0 Å². The SMILES string of the molecule is CCN(CC)CCCOc1c(Br)c(=O)oc2ccccc12. The third kappa shape index (κ3) is 3.86. The van der Waals surface area contributed by atoms with Gasteiger partial charge >= 0.3 is 5.63 Å². The summed E-state index contributed by atoms with van der Waals surface area (Å²) in [5.74, 6) is 0.571. The molecule has 0 saturated carbocycles. The highest BCUT2D eigenvalue weighted by Crippen LogP contribution is 2.30. The minimum absolute atomic E-state index is 0.351. The number of hydrogen-bond donors (Lipinski definition) is 0. The van der Waals surface area contributed by atoms with Crippen molar-refractivity contribution in [2.75, 3.05) is 26.2 Å². The van der Waals surface area contributed by atoms with Crippen LogP contribution in [0.25, 0.3) is 11.0 Å². The third-order valence-corrected chi connectivity index (χ3v) is 4.16. The zero-order chi connectivity index (χ0) is 15.2. The molecule has 0 aliphatic heterocycles. The molecule has 0 bridgehead atoms. The Morgan fingerprint density at radius 1 is 1.24 bits per heavy atom. The number of ether oxygens (including phenoxy) is 1. The van der Waals surface area contributed by atoms with Crippen molar-refractivity contribution in [2.45, 2.75) is 20.3 Å². The molecule has 0 radical (unpaired) electrons. The van der Waals surface area contributed by atoms with Gasteiger partial charge in [-0.15, -0.1) is 0 Å². The Hall–Kier alpha value is -1.33. The molecule has 4 nitrogen and oxygen atoms in total. The highest BCUT2D eigenvalue weighted by Gasteiger charge is 2.13. The van der Waals surface area contributed by atoms with Gasteiger partial charge < -0.3 is 14.1 Å². The van der Waals surface area contributed by atoms with Gasteiger partial charge in [-0.2, -0.15) is 0 Å². The minimum Gasteiger partial charge on any atom is -0.491 e. The van der Waals surface area contributed by atoms with Gasteiger partial charge in [0.05, 0.1) is 12.0 Å². The monoisotopic (exact) mass is 353 g/mol. The van der Waals surface area contributed by atoms with Gasteiger partial charge in [-0.1, -0.05) is 26.0 Å². The molecule has 0 fully saturated rings. The standard InChI is InChI=1S/C16H20BrNO3/c1-3-18(4-2)10-7-11-20-15-12-8-5-6-9-13(12)21-16(19)14(15)17/h5-6,8-9H,3-4,7,10-11H2,1-2H3. The van der Waals surface area contributed by atoms with Gasteiger partial charge in [-0.3, -0.25) is 0 Å². The Bertz CT molecular complexity index is 650. The minimum atomic E-state index is -0.410. The predicted octanol–water partition coefficient (Wildman–Crippen LogP) is 3.67. The molecule has 1 aromatic heterocycles. The van der Waals surface area contributed by atoms with Crippen LogP contribution in [0.1, 0.15) is 20.3 Å². The van der Waals surface area contributed by atoms with Crippen LogP contribution in [0.4, 0.5) is 0 Å². The van der Waals surface area contributed by atoms with Crippen molar-refractivity contribution in [3.8, 4) is 5.75 Å². The van der Waals surface area contributed by atoms with E-state index < -0.39 is 5.63 Å². The van der Waals surface area contributed by atoms with Crippen molar-refractivity contribution in [3.05, 3.63) is 39.2 Å². The predicted molar refractivity (Wildman–Crippen MR) is 88.1 cm³/mol. The lowest BCUT2D eigenvalue weighted by atomic mass is 10.2. The second-order valence-corrected chi connectivity index (χ2v) is 5.55. The van der Waals surface area contributed by atoms with Crippen LogP contribution in [0.3, 0.4) is 0 Å². The summed E-state index contributed by atoms with van der Waals surface area (Å²) in [5.41, 5.74) is 0.136. The molecule has 1 heterocycles. The first-order chi connectivity index (χ1) is 10.2. The smallest absolute Gasteiger partial charge is 0.354 e. The topological polar surface area (TPSA) is 42.7 Å². The van der Waals surface area contributed by atoms with E-state index in [0.29, 0.717) is 22.4 Å². The van der Waals surface area contributed by atoms with Crippen molar-refractivity contribution < 1.29 is 9.15 Å². The summed E-state index contributed by atoms with van der Waals surface area (Å²) in [7, 11) is 0. The molecule has 0 unspecified atom stereocenters. The van der Waals surface area contributed by atoms with E-state index in [2.05, 4.69) is 34.7 Å². The summed E-state index contributed by atoms with van der Waals surface area (Å²) in [5, 5.41) is 0.812. The van der Waals surface area contributed by atoms with Gasteiger partial charge in [0.15, 0.2) is 5.75 Å². The molecule has 2 rings (SSSR count). The van der Waals surface area contributed by atoms with E-state index >= 15 is 0 Å². The lowest BCUT2D eigenvalue weighted by Gasteiger charge is -2.18. The summed E-state index contributed by atoms with van der Waals surface area (Å²) in [6, 6.07) is 7.40. The lowest BCUT2D eigenvalue weighted by molar-refractivity contribution is 0.249. The normalized spacial score (nSPS) is 11.2. The van der Waals surface area contributed by atoms with Gasteiger partial charge in [0.2, 0.25) is 0 Å². The van der Waals surface area contributed by atoms with Crippen molar-refractivity contribution in [3.63, 3.8) is 0 Å². The molecular weight excluding hydrogens is 334 g/mol. The van der Waals surface area contributed by atoms with E-state index in [1.54, 1.807) is 6.07 Å². The number of fused-ring (bicyclic) bond motifs is 1. The van der Waals surface area contributed by atoms with Crippen LogP contribution in [-0.4, -0.2) is 31.1 Å². The van der Waals surface area contributed by atoms with Crippen molar-refractivity contribution in [2.24, 2.45) is 0 Å². The number of rotatable bonds is 7. The van der Waals surface area contributed by atoms with E-state index in [-0.39, 0.29) is 0 Å². The molecule has 0 spiro atoms. The van der Waals surface area contributed by atoms with Crippen LogP contribution in [-0.2, 0) is 0 Å². The molecule has 0 aliphatic carbocycles. The molecule has 2 aromatic rings. The van der Waals surface area contributed by atoms with Gasteiger partial charge in [-0.05, 0) is 47.6 Å². The number of halogens is 1. The number of benzene rings is 1. The fourth-order valence-corrected chi connectivity index (χ4v) is 2.65. The van der Waals surface area contributed by atoms with Gasteiger partial charge in [0.1, 0.15) is 10.1 Å². The molecule has 0 atom stereocenters. The first-order valence-corrected chi connectivity index (χ1v) is 8.03. The number of hydrogen-bond acceptors (Lipinski definition) is 4. The highest BCUT2D eigenvalue weighted by atomic mass is 79.9. The Labute approximate surface area is 132 Å². The number of nitrogens with zero attached hydrogens (tertiary/aromatic N) is 1. The van der Waals surface area contributed by atoms with E-state index in [4.69, 9.17) is 9.15 Å². The molecule has 21 heavy (non-hydrogen) atoms. The van der Waals surface area contributed by atoms with Crippen LogP contribution < -0.4 is 10.4 Å². The fraction of sp³-hybridized carbons (Fsp3) is 0.438. The molecule has 0 N–H and O–H groups in total. The second kappa shape index (κ2) is 7.61. The summed E-state index contributed by atoms with van der Waals surface area (Å²) in [6.45, 7) is 7.94. The van der Waals surface area contributed by atoms with Crippen LogP contribution in [0.2, 0.25) is 0 Å². The highest BCUT2D eigenvalue weighted by molar-refractivity contribution is 9.10. The van der Waals surface area contributed by atoms with Crippen LogP contribution in [0.5, 0.6) is 5.75 Å². The van der Waals surface area contributed by atoms with Gasteiger partial charge in [-0.25, -0.2) is 4.79 Å². The molecule has 114 valence electrons. The first-order valence-electron chi connectivity index (χ1n) is 7.23. The largest absolute Gasteiger partial charge is 0.491 e. The Balaban J connectivity index is 2.11. The summed E-state index contributed by atoms with van der Waals surface area (Å²) < 4.78 is 11.4. The van der Waals surface area contributed by atoms with Gasteiger partial charge in [0, 0.05) is 6.54 Å². The molecule has 1 aromatic carbocycles. The molecule has 0 amide bonds. The number of para-hydroxylation sites is 1. The van der Waals surface area contributed by atoms with Crippen LogP contribution >= 0.6 is 15.9 Å². The zero-order valence-corrected chi connectivity index (χ0v) is 14.0. The lowest BCUT2D eigenvalue weighted by Crippen LogP contribution is -2.25. The zero-order valence-electron chi connectivity index (χ0n) is 12.4. The maximum atomic E-state index is 11.8.